The first kappa shape index (κ1) is 10.7. The zero-order valence-electron chi connectivity index (χ0n) is 8.75. The van der Waals surface area contributed by atoms with Crippen molar-refractivity contribution in [2.24, 2.45) is 5.73 Å². The second-order valence-electron chi connectivity index (χ2n) is 3.63. The maximum absolute atomic E-state index is 8.76. The first-order valence-electron chi connectivity index (χ1n) is 4.94. The summed E-state index contributed by atoms with van der Waals surface area (Å²) in [5, 5.41) is 8.76. The fourth-order valence-corrected chi connectivity index (χ4v) is 1.57. The Labute approximate surface area is 85.4 Å². The van der Waals surface area contributed by atoms with Crippen molar-refractivity contribution in [3.8, 4) is 6.07 Å². The van der Waals surface area contributed by atoms with Crippen molar-refractivity contribution in [1.82, 2.24) is 0 Å². The molecule has 0 heterocycles. The lowest BCUT2D eigenvalue weighted by molar-refractivity contribution is 0.732. The van der Waals surface area contributed by atoms with Crippen molar-refractivity contribution in [2.45, 2.75) is 32.7 Å². The third-order valence-corrected chi connectivity index (χ3v) is 2.26. The highest BCUT2D eigenvalue weighted by molar-refractivity contribution is 5.38. The molecule has 0 saturated carbocycles. The van der Waals surface area contributed by atoms with E-state index < -0.39 is 0 Å². The molecule has 1 rings (SSSR count). The third kappa shape index (κ3) is 2.58. The lowest BCUT2D eigenvalue weighted by atomic mass is 9.97. The van der Waals surface area contributed by atoms with E-state index in [9.17, 15) is 0 Å². The van der Waals surface area contributed by atoms with Gasteiger partial charge < -0.3 is 5.73 Å². The molecule has 0 aliphatic carbocycles. The first-order chi connectivity index (χ1) is 6.67. The predicted octanol–water partition coefficient (Wildman–Crippen LogP) is 2.01. The summed E-state index contributed by atoms with van der Waals surface area (Å²) in [6, 6.07) is 8.15. The highest BCUT2D eigenvalue weighted by Gasteiger charge is 2.04. The molecule has 0 radical (unpaired) electrons. The fraction of sp³-hybridized carbons (Fsp3) is 0.417. The first-order valence-corrected chi connectivity index (χ1v) is 4.94. The molecule has 74 valence electrons. The number of nitrogens with zero attached hydrogens (tertiary/aromatic N) is 1. The molecule has 0 saturated heterocycles. The summed E-state index contributed by atoms with van der Waals surface area (Å²) in [5.74, 6) is 0. The minimum absolute atomic E-state index is 0.174. The average Bonchev–Trinajstić information content (AvgIpc) is 2.17. The number of benzene rings is 1. The van der Waals surface area contributed by atoms with Gasteiger partial charge in [0.1, 0.15) is 0 Å². The van der Waals surface area contributed by atoms with Crippen LogP contribution in [0.4, 0.5) is 0 Å². The van der Waals surface area contributed by atoms with Crippen LogP contribution in [-0.4, -0.2) is 6.04 Å². The van der Waals surface area contributed by atoms with Crippen LogP contribution in [0, 0.1) is 11.3 Å². The van der Waals surface area contributed by atoms with Crippen molar-refractivity contribution < 1.29 is 0 Å². The SMILES string of the molecule is CCc1cc(C#N)ccc1C[C@@H](C)N. The quantitative estimate of drug-likeness (QED) is 0.788. The Kier molecular flexibility index (Phi) is 3.67. The van der Waals surface area contributed by atoms with Gasteiger partial charge in [-0.2, -0.15) is 5.26 Å². The normalized spacial score (nSPS) is 12.1. The third-order valence-electron chi connectivity index (χ3n) is 2.26. The zero-order valence-corrected chi connectivity index (χ0v) is 8.75. The molecule has 2 heteroatoms. The Hall–Kier alpha value is -1.33. The van der Waals surface area contributed by atoms with Crippen LogP contribution in [0.25, 0.3) is 0 Å². The van der Waals surface area contributed by atoms with Crippen molar-refractivity contribution in [3.05, 3.63) is 34.9 Å². The molecule has 2 N–H and O–H groups in total. The van der Waals surface area contributed by atoms with Gasteiger partial charge in [0.05, 0.1) is 11.6 Å². The van der Waals surface area contributed by atoms with Crippen LogP contribution in [0.5, 0.6) is 0 Å². The van der Waals surface area contributed by atoms with Crippen molar-refractivity contribution in [1.29, 1.82) is 5.26 Å². The summed E-state index contributed by atoms with van der Waals surface area (Å²) >= 11 is 0. The molecular weight excluding hydrogens is 172 g/mol. The minimum Gasteiger partial charge on any atom is -0.328 e. The van der Waals surface area contributed by atoms with Gasteiger partial charge in [-0.25, -0.2) is 0 Å². The van der Waals surface area contributed by atoms with Gasteiger partial charge in [0.2, 0.25) is 0 Å². The Morgan fingerprint density at radius 3 is 2.64 bits per heavy atom. The molecule has 0 spiro atoms. The lowest BCUT2D eigenvalue weighted by Gasteiger charge is -2.10. The summed E-state index contributed by atoms with van der Waals surface area (Å²) in [5.41, 5.74) is 8.99. The molecular formula is C12H16N2. The van der Waals surface area contributed by atoms with Crippen molar-refractivity contribution in [3.63, 3.8) is 0 Å². The summed E-state index contributed by atoms with van der Waals surface area (Å²) in [6.45, 7) is 4.10. The molecule has 0 bridgehead atoms. The maximum Gasteiger partial charge on any atom is 0.0991 e. The number of nitrogens with two attached hydrogens (primary N) is 1. The second kappa shape index (κ2) is 4.78. The molecule has 1 aromatic rings. The van der Waals surface area contributed by atoms with E-state index in [1.54, 1.807) is 0 Å². The predicted molar refractivity (Wildman–Crippen MR) is 57.9 cm³/mol. The van der Waals surface area contributed by atoms with Crippen LogP contribution < -0.4 is 5.73 Å². The van der Waals surface area contributed by atoms with E-state index in [1.165, 1.54) is 11.1 Å². The van der Waals surface area contributed by atoms with E-state index in [4.69, 9.17) is 11.0 Å². The molecule has 2 nitrogen and oxygen atoms in total. The van der Waals surface area contributed by atoms with E-state index >= 15 is 0 Å². The van der Waals surface area contributed by atoms with E-state index in [2.05, 4.69) is 13.0 Å². The topological polar surface area (TPSA) is 49.8 Å². The Balaban J connectivity index is 3.00. The van der Waals surface area contributed by atoms with Gasteiger partial charge >= 0.3 is 0 Å². The van der Waals surface area contributed by atoms with E-state index in [0.717, 1.165) is 18.4 Å². The van der Waals surface area contributed by atoms with Gasteiger partial charge in [0.15, 0.2) is 0 Å². The van der Waals surface area contributed by atoms with E-state index in [-0.39, 0.29) is 6.04 Å². The fourth-order valence-electron chi connectivity index (χ4n) is 1.57. The van der Waals surface area contributed by atoms with E-state index in [0.29, 0.717) is 0 Å². The summed E-state index contributed by atoms with van der Waals surface area (Å²) in [6.07, 6.45) is 1.84. The van der Waals surface area contributed by atoms with Crippen LogP contribution >= 0.6 is 0 Å². The number of nitriles is 1. The summed E-state index contributed by atoms with van der Waals surface area (Å²) in [7, 11) is 0. The van der Waals surface area contributed by atoms with Gasteiger partial charge in [-0.3, -0.25) is 0 Å². The van der Waals surface area contributed by atoms with Gasteiger partial charge in [0, 0.05) is 6.04 Å². The summed E-state index contributed by atoms with van der Waals surface area (Å²) < 4.78 is 0. The zero-order chi connectivity index (χ0) is 10.6. The Morgan fingerprint density at radius 1 is 1.43 bits per heavy atom. The van der Waals surface area contributed by atoms with Crippen LogP contribution in [0.3, 0.4) is 0 Å². The Morgan fingerprint density at radius 2 is 2.14 bits per heavy atom. The van der Waals surface area contributed by atoms with Crippen LogP contribution in [0.15, 0.2) is 18.2 Å². The van der Waals surface area contributed by atoms with Crippen molar-refractivity contribution >= 4 is 0 Å². The van der Waals surface area contributed by atoms with Gasteiger partial charge in [-0.1, -0.05) is 13.0 Å². The smallest absolute Gasteiger partial charge is 0.0991 e. The molecule has 14 heavy (non-hydrogen) atoms. The number of aryl methyl sites for hydroxylation is 1. The largest absolute Gasteiger partial charge is 0.328 e. The minimum atomic E-state index is 0.174. The lowest BCUT2D eigenvalue weighted by Crippen LogP contribution is -2.18. The molecule has 0 aromatic heterocycles. The standard InChI is InChI=1S/C12H16N2/c1-3-11-7-10(8-13)4-5-12(11)6-9(2)14/h4-5,7,9H,3,6,14H2,1-2H3/t9-/m1/s1. The number of rotatable bonds is 3. The monoisotopic (exact) mass is 188 g/mol. The molecule has 1 atom stereocenters. The van der Waals surface area contributed by atoms with E-state index in [1.807, 2.05) is 25.1 Å². The molecule has 1 aromatic carbocycles. The number of hydrogen-bond acceptors (Lipinski definition) is 2. The van der Waals surface area contributed by atoms with Crippen LogP contribution in [0.2, 0.25) is 0 Å². The number of hydrogen-bond donors (Lipinski definition) is 1. The molecule has 0 aliphatic rings. The molecule has 0 amide bonds. The van der Waals surface area contributed by atoms with Gasteiger partial charge in [-0.05, 0) is 43.0 Å². The van der Waals surface area contributed by atoms with Gasteiger partial charge in [-0.15, -0.1) is 0 Å². The van der Waals surface area contributed by atoms with Gasteiger partial charge in [0.25, 0.3) is 0 Å². The molecule has 0 unspecified atom stereocenters. The summed E-state index contributed by atoms with van der Waals surface area (Å²) in [4.78, 5) is 0. The molecule has 0 fully saturated rings. The maximum atomic E-state index is 8.76. The van der Waals surface area contributed by atoms with Crippen LogP contribution in [0.1, 0.15) is 30.5 Å². The van der Waals surface area contributed by atoms with Crippen LogP contribution in [-0.2, 0) is 12.8 Å². The van der Waals surface area contributed by atoms with Crippen molar-refractivity contribution in [2.75, 3.05) is 0 Å². The average molecular weight is 188 g/mol. The Bertz CT molecular complexity index is 348. The highest BCUT2D eigenvalue weighted by Crippen LogP contribution is 2.14. The highest BCUT2D eigenvalue weighted by atomic mass is 14.6. The molecule has 0 aliphatic heterocycles. The second-order valence-corrected chi connectivity index (χ2v) is 3.63.